The maximum atomic E-state index is 11.3. The van der Waals surface area contributed by atoms with Crippen molar-refractivity contribution in [1.82, 2.24) is 0 Å². The van der Waals surface area contributed by atoms with Crippen LogP contribution < -0.4 is 28.6 Å². The van der Waals surface area contributed by atoms with Gasteiger partial charge in [-0.25, -0.2) is 0 Å². The summed E-state index contributed by atoms with van der Waals surface area (Å²) < 4.78 is 28.2. The van der Waals surface area contributed by atoms with Crippen LogP contribution in [0.1, 0.15) is 5.56 Å². The Bertz CT molecular complexity index is 1120. The molecule has 0 radical (unpaired) electrons. The first-order chi connectivity index (χ1) is 14.0. The Balaban J connectivity index is 2.34. The number of methoxy groups -OCH3 is 5. The topological polar surface area (TPSA) is 69.6 Å². The van der Waals surface area contributed by atoms with Crippen molar-refractivity contribution >= 4 is 27.2 Å². The number of anilines is 1. The third-order valence-electron chi connectivity index (χ3n) is 5.67. The summed E-state index contributed by atoms with van der Waals surface area (Å²) in [5.41, 5.74) is 1.72. The monoisotopic (exact) mass is 399 g/mol. The third kappa shape index (κ3) is 2.50. The molecule has 3 aromatic carbocycles. The molecule has 1 N–H and O–H groups in total. The molecule has 3 aromatic rings. The van der Waals surface area contributed by atoms with E-state index >= 15 is 0 Å². The van der Waals surface area contributed by atoms with Crippen LogP contribution >= 0.6 is 0 Å². The number of rotatable bonds is 5. The van der Waals surface area contributed by atoms with E-state index in [1.807, 2.05) is 18.0 Å². The maximum Gasteiger partial charge on any atom is 0.204 e. The van der Waals surface area contributed by atoms with Crippen LogP contribution in [0.25, 0.3) is 21.5 Å². The molecular weight excluding hydrogens is 374 g/mol. The standard InChI is InChI=1S/C22H25NO6/c1-23-8-7-11-16-17(21(28-5)22(29-6)20(11)27-4)12-9-14(25-2)15(26-3)10-13(12)19(24)18(16)23/h9-10,24H,7-8H2,1-6H3. The van der Waals surface area contributed by atoms with Gasteiger partial charge >= 0.3 is 0 Å². The molecule has 0 unspecified atom stereocenters. The largest absolute Gasteiger partial charge is 0.505 e. The van der Waals surface area contributed by atoms with E-state index in [0.717, 1.165) is 40.4 Å². The highest BCUT2D eigenvalue weighted by molar-refractivity contribution is 6.22. The average molecular weight is 399 g/mol. The molecule has 0 aliphatic carbocycles. The highest BCUT2D eigenvalue weighted by Crippen LogP contribution is 2.56. The molecule has 0 bridgehead atoms. The first kappa shape index (κ1) is 19.1. The number of hydrogen-bond donors (Lipinski definition) is 1. The second-order valence-corrected chi connectivity index (χ2v) is 6.95. The molecule has 0 amide bonds. The Hall–Kier alpha value is -3.22. The molecule has 0 fully saturated rings. The number of ether oxygens (including phenoxy) is 5. The van der Waals surface area contributed by atoms with Crippen molar-refractivity contribution in [3.05, 3.63) is 17.7 Å². The molecule has 7 nitrogen and oxygen atoms in total. The fraction of sp³-hybridized carbons (Fsp3) is 0.364. The van der Waals surface area contributed by atoms with E-state index in [-0.39, 0.29) is 5.75 Å². The van der Waals surface area contributed by atoms with Gasteiger partial charge < -0.3 is 33.7 Å². The molecule has 154 valence electrons. The van der Waals surface area contributed by atoms with Crippen LogP contribution in [0.4, 0.5) is 5.69 Å². The molecule has 4 rings (SSSR count). The van der Waals surface area contributed by atoms with E-state index in [0.29, 0.717) is 34.1 Å². The van der Waals surface area contributed by atoms with Gasteiger partial charge in [0, 0.05) is 40.7 Å². The maximum absolute atomic E-state index is 11.3. The predicted molar refractivity (Wildman–Crippen MR) is 113 cm³/mol. The lowest BCUT2D eigenvalue weighted by Gasteiger charge is -2.32. The summed E-state index contributed by atoms with van der Waals surface area (Å²) in [7, 11) is 9.94. The second kappa shape index (κ2) is 6.99. The quantitative estimate of drug-likeness (QED) is 0.656. The van der Waals surface area contributed by atoms with Gasteiger partial charge in [-0.15, -0.1) is 0 Å². The van der Waals surface area contributed by atoms with E-state index in [9.17, 15) is 5.11 Å². The molecule has 0 saturated heterocycles. The zero-order valence-corrected chi connectivity index (χ0v) is 17.5. The van der Waals surface area contributed by atoms with Gasteiger partial charge in [-0.05, 0) is 18.6 Å². The minimum atomic E-state index is 0.186. The summed E-state index contributed by atoms with van der Waals surface area (Å²) in [6, 6.07) is 3.65. The Kier molecular flexibility index (Phi) is 4.61. The number of phenols is 1. The summed E-state index contributed by atoms with van der Waals surface area (Å²) in [5, 5.41) is 14.4. The van der Waals surface area contributed by atoms with Gasteiger partial charge in [0.25, 0.3) is 0 Å². The minimum absolute atomic E-state index is 0.186. The lowest BCUT2D eigenvalue weighted by Crippen LogP contribution is -2.25. The number of nitrogens with zero attached hydrogens (tertiary/aromatic N) is 1. The van der Waals surface area contributed by atoms with Crippen LogP contribution in [0.2, 0.25) is 0 Å². The van der Waals surface area contributed by atoms with E-state index in [4.69, 9.17) is 23.7 Å². The Labute approximate surface area is 169 Å². The summed E-state index contributed by atoms with van der Waals surface area (Å²) in [6.45, 7) is 0.736. The SMILES string of the molecule is COc1cc2c(O)c3c4c(c(OC)c(OC)c(OC)c4c2cc1OC)CCN3C. The second-order valence-electron chi connectivity index (χ2n) is 6.95. The van der Waals surface area contributed by atoms with Crippen LogP contribution in [0.15, 0.2) is 12.1 Å². The lowest BCUT2D eigenvalue weighted by atomic mass is 9.89. The van der Waals surface area contributed by atoms with Gasteiger partial charge in [0.05, 0.1) is 41.2 Å². The molecule has 0 atom stereocenters. The van der Waals surface area contributed by atoms with Crippen molar-refractivity contribution in [2.45, 2.75) is 6.42 Å². The minimum Gasteiger partial charge on any atom is -0.505 e. The van der Waals surface area contributed by atoms with Gasteiger partial charge in [-0.3, -0.25) is 0 Å². The molecule has 1 aliphatic rings. The summed E-state index contributed by atoms with van der Waals surface area (Å²) in [6.07, 6.45) is 0.752. The normalized spacial score (nSPS) is 13.0. The molecular formula is C22H25NO6. The lowest BCUT2D eigenvalue weighted by molar-refractivity contribution is 0.325. The molecule has 0 saturated carbocycles. The van der Waals surface area contributed by atoms with Crippen LogP contribution in [-0.2, 0) is 6.42 Å². The van der Waals surface area contributed by atoms with E-state index in [1.54, 1.807) is 41.6 Å². The fourth-order valence-corrected chi connectivity index (χ4v) is 4.38. The van der Waals surface area contributed by atoms with Gasteiger partial charge in [-0.2, -0.15) is 0 Å². The van der Waals surface area contributed by atoms with Crippen molar-refractivity contribution in [2.75, 3.05) is 54.0 Å². The fourth-order valence-electron chi connectivity index (χ4n) is 4.38. The van der Waals surface area contributed by atoms with E-state index in [2.05, 4.69) is 0 Å². The summed E-state index contributed by atoms with van der Waals surface area (Å²) in [4.78, 5) is 2.05. The Morgan fingerprint density at radius 1 is 0.759 bits per heavy atom. The van der Waals surface area contributed by atoms with E-state index in [1.165, 1.54) is 0 Å². The number of benzene rings is 3. The van der Waals surface area contributed by atoms with Gasteiger partial charge in [0.15, 0.2) is 23.0 Å². The number of phenolic OH excluding ortho intramolecular Hbond substituents is 1. The smallest absolute Gasteiger partial charge is 0.204 e. The first-order valence-corrected chi connectivity index (χ1v) is 9.28. The van der Waals surface area contributed by atoms with Crippen molar-refractivity contribution in [1.29, 1.82) is 0 Å². The highest BCUT2D eigenvalue weighted by atomic mass is 16.5. The van der Waals surface area contributed by atoms with E-state index < -0.39 is 0 Å². The zero-order chi connectivity index (χ0) is 20.9. The van der Waals surface area contributed by atoms with Crippen molar-refractivity contribution in [3.63, 3.8) is 0 Å². The molecule has 29 heavy (non-hydrogen) atoms. The number of fused-ring (bicyclic) bond motifs is 2. The summed E-state index contributed by atoms with van der Waals surface area (Å²) >= 11 is 0. The van der Waals surface area contributed by atoms with Gasteiger partial charge in [0.1, 0.15) is 5.75 Å². The van der Waals surface area contributed by atoms with Crippen molar-refractivity contribution < 1.29 is 28.8 Å². The molecule has 1 aliphatic heterocycles. The molecule has 0 spiro atoms. The first-order valence-electron chi connectivity index (χ1n) is 9.28. The Morgan fingerprint density at radius 2 is 1.34 bits per heavy atom. The predicted octanol–water partition coefficient (Wildman–Crippen LogP) is 3.73. The van der Waals surface area contributed by atoms with Gasteiger partial charge in [0.2, 0.25) is 5.75 Å². The number of aromatic hydroxyl groups is 1. The van der Waals surface area contributed by atoms with Crippen LogP contribution in [-0.4, -0.2) is 54.2 Å². The van der Waals surface area contributed by atoms with Crippen LogP contribution in [0.3, 0.4) is 0 Å². The average Bonchev–Trinajstić information content (AvgIpc) is 2.75. The van der Waals surface area contributed by atoms with Crippen LogP contribution in [0.5, 0.6) is 34.5 Å². The van der Waals surface area contributed by atoms with Gasteiger partial charge in [-0.1, -0.05) is 0 Å². The van der Waals surface area contributed by atoms with Crippen LogP contribution in [0, 0.1) is 0 Å². The van der Waals surface area contributed by atoms with Crippen molar-refractivity contribution in [2.24, 2.45) is 0 Å². The summed E-state index contributed by atoms with van der Waals surface area (Å²) in [5.74, 6) is 3.01. The highest BCUT2D eigenvalue weighted by Gasteiger charge is 2.32. The number of likely N-dealkylation sites (N-methyl/N-ethyl adjacent to an activating group) is 1. The van der Waals surface area contributed by atoms with Crippen molar-refractivity contribution in [3.8, 4) is 34.5 Å². The number of hydrogen-bond acceptors (Lipinski definition) is 7. The third-order valence-corrected chi connectivity index (χ3v) is 5.67. The zero-order valence-electron chi connectivity index (χ0n) is 17.5. The Morgan fingerprint density at radius 3 is 1.90 bits per heavy atom. The molecule has 7 heteroatoms. The molecule has 1 heterocycles. The molecule has 0 aromatic heterocycles.